The van der Waals surface area contributed by atoms with Crippen molar-refractivity contribution in [3.8, 4) is 5.75 Å². The van der Waals surface area contributed by atoms with Gasteiger partial charge in [-0.2, -0.15) is 0 Å². The number of ether oxygens (including phenoxy) is 1. The van der Waals surface area contributed by atoms with Crippen molar-refractivity contribution >= 4 is 23.6 Å². The van der Waals surface area contributed by atoms with Crippen LogP contribution in [0.1, 0.15) is 15.9 Å². The molecule has 2 amide bonds. The summed E-state index contributed by atoms with van der Waals surface area (Å²) in [6, 6.07) is 14.5. The molecule has 120 valence electrons. The van der Waals surface area contributed by atoms with Crippen LogP contribution in [-0.4, -0.2) is 24.7 Å². The van der Waals surface area contributed by atoms with Crippen LogP contribution in [0.5, 0.6) is 5.75 Å². The Balaban J connectivity index is 1.79. The van der Waals surface area contributed by atoms with E-state index in [4.69, 9.17) is 4.74 Å². The van der Waals surface area contributed by atoms with Crippen molar-refractivity contribution in [1.82, 2.24) is 10.9 Å². The van der Waals surface area contributed by atoms with Gasteiger partial charge in [-0.1, -0.05) is 18.2 Å². The molecule has 0 unspecified atom stereocenters. The molecule has 0 bridgehead atoms. The smallest absolute Gasteiger partial charge is 0.276 e. The molecule has 23 heavy (non-hydrogen) atoms. The van der Waals surface area contributed by atoms with Gasteiger partial charge in [-0.25, -0.2) is 0 Å². The second-order valence-corrected chi connectivity index (χ2v) is 5.66. The van der Waals surface area contributed by atoms with E-state index >= 15 is 0 Å². The van der Waals surface area contributed by atoms with Crippen molar-refractivity contribution in [2.75, 3.05) is 12.9 Å². The second-order valence-electron chi connectivity index (χ2n) is 4.78. The van der Waals surface area contributed by atoms with Crippen LogP contribution >= 0.6 is 11.8 Å². The molecule has 0 atom stereocenters. The normalized spacial score (nSPS) is 10.0. The van der Waals surface area contributed by atoms with Gasteiger partial charge in [0.1, 0.15) is 5.75 Å². The Morgan fingerprint density at radius 3 is 2.39 bits per heavy atom. The Labute approximate surface area is 139 Å². The van der Waals surface area contributed by atoms with Crippen LogP contribution < -0.4 is 15.6 Å². The molecule has 0 aliphatic rings. The predicted octanol–water partition coefficient (Wildman–Crippen LogP) is 2.56. The summed E-state index contributed by atoms with van der Waals surface area (Å²) in [5.41, 5.74) is 6.11. The largest absolute Gasteiger partial charge is 0.483 e. The molecule has 0 spiro atoms. The molecule has 0 heterocycles. The summed E-state index contributed by atoms with van der Waals surface area (Å²) >= 11 is 1.60. The number of hydrazine groups is 1. The van der Waals surface area contributed by atoms with Crippen molar-refractivity contribution in [2.45, 2.75) is 11.8 Å². The molecular formula is C17H18N2O3S. The van der Waals surface area contributed by atoms with E-state index in [1.54, 1.807) is 30.0 Å². The maximum absolute atomic E-state index is 11.9. The summed E-state index contributed by atoms with van der Waals surface area (Å²) in [7, 11) is 0. The van der Waals surface area contributed by atoms with Crippen LogP contribution in [0.3, 0.4) is 0 Å². The topological polar surface area (TPSA) is 67.4 Å². The van der Waals surface area contributed by atoms with Crippen LogP contribution in [0.4, 0.5) is 0 Å². The molecule has 2 N–H and O–H groups in total. The molecule has 2 aromatic carbocycles. The number of rotatable bonds is 5. The summed E-state index contributed by atoms with van der Waals surface area (Å²) < 4.78 is 5.40. The minimum absolute atomic E-state index is 0.170. The molecule has 0 aliphatic carbocycles. The van der Waals surface area contributed by atoms with Crippen molar-refractivity contribution in [3.63, 3.8) is 0 Å². The molecule has 2 rings (SSSR count). The summed E-state index contributed by atoms with van der Waals surface area (Å²) in [5.74, 6) is -0.161. The summed E-state index contributed by atoms with van der Waals surface area (Å²) in [6.07, 6.45) is 1.96. The number of nitrogens with one attached hydrogen (secondary N) is 2. The number of aryl methyl sites for hydroxylation is 1. The highest BCUT2D eigenvalue weighted by molar-refractivity contribution is 7.98. The first-order valence-corrected chi connectivity index (χ1v) is 8.24. The lowest BCUT2D eigenvalue weighted by Gasteiger charge is -2.10. The van der Waals surface area contributed by atoms with Gasteiger partial charge in [-0.05, 0) is 49.1 Å². The Hall–Kier alpha value is -2.47. The van der Waals surface area contributed by atoms with Crippen molar-refractivity contribution in [1.29, 1.82) is 0 Å². The summed E-state index contributed by atoms with van der Waals surface area (Å²) in [4.78, 5) is 24.7. The van der Waals surface area contributed by atoms with E-state index in [0.29, 0.717) is 11.3 Å². The monoisotopic (exact) mass is 330 g/mol. The fourth-order valence-corrected chi connectivity index (χ4v) is 2.25. The van der Waals surface area contributed by atoms with E-state index in [1.807, 2.05) is 43.5 Å². The number of carbonyl (C=O) groups excluding carboxylic acids is 2. The number of carbonyl (C=O) groups is 2. The average molecular weight is 330 g/mol. The fourth-order valence-electron chi connectivity index (χ4n) is 1.84. The standard InChI is InChI=1S/C17H18N2O3S/c1-12-5-3-4-6-15(12)22-11-16(20)18-19-17(21)13-7-9-14(23-2)10-8-13/h3-10H,11H2,1-2H3,(H,18,20)(H,19,21). The minimum atomic E-state index is -0.428. The van der Waals surface area contributed by atoms with E-state index in [2.05, 4.69) is 10.9 Å². The number of para-hydroxylation sites is 1. The van der Waals surface area contributed by atoms with Gasteiger partial charge in [0.25, 0.3) is 11.8 Å². The number of thioether (sulfide) groups is 1. The first-order chi connectivity index (χ1) is 11.1. The highest BCUT2D eigenvalue weighted by Gasteiger charge is 2.08. The molecule has 6 heteroatoms. The lowest BCUT2D eigenvalue weighted by atomic mass is 10.2. The summed E-state index contributed by atoms with van der Waals surface area (Å²) in [6.45, 7) is 1.73. The lowest BCUT2D eigenvalue weighted by Crippen LogP contribution is -2.43. The molecule has 0 saturated heterocycles. The Morgan fingerprint density at radius 2 is 1.74 bits per heavy atom. The van der Waals surface area contributed by atoms with Crippen molar-refractivity contribution in [3.05, 3.63) is 59.7 Å². The van der Waals surface area contributed by atoms with Gasteiger partial charge in [0.2, 0.25) is 0 Å². The number of amides is 2. The van der Waals surface area contributed by atoms with Gasteiger partial charge in [0, 0.05) is 10.5 Å². The minimum Gasteiger partial charge on any atom is -0.483 e. The van der Waals surface area contributed by atoms with Gasteiger partial charge >= 0.3 is 0 Å². The molecule has 0 radical (unpaired) electrons. The third-order valence-electron chi connectivity index (χ3n) is 3.12. The number of hydrogen-bond acceptors (Lipinski definition) is 4. The Kier molecular flexibility index (Phi) is 6.05. The van der Waals surface area contributed by atoms with Gasteiger partial charge in [0.05, 0.1) is 0 Å². The number of benzene rings is 2. The lowest BCUT2D eigenvalue weighted by molar-refractivity contribution is -0.123. The Morgan fingerprint density at radius 1 is 1.04 bits per heavy atom. The maximum atomic E-state index is 11.9. The van der Waals surface area contributed by atoms with Crippen LogP contribution in [0.15, 0.2) is 53.4 Å². The third kappa shape index (κ3) is 5.03. The Bertz CT molecular complexity index is 686. The van der Waals surface area contributed by atoms with Crippen LogP contribution in [0.2, 0.25) is 0 Å². The van der Waals surface area contributed by atoms with E-state index in [0.717, 1.165) is 10.5 Å². The van der Waals surface area contributed by atoms with Crippen LogP contribution in [0, 0.1) is 6.92 Å². The molecule has 5 nitrogen and oxygen atoms in total. The molecular weight excluding hydrogens is 312 g/mol. The zero-order valence-electron chi connectivity index (χ0n) is 13.0. The molecule has 0 aliphatic heterocycles. The zero-order valence-corrected chi connectivity index (χ0v) is 13.8. The summed E-state index contributed by atoms with van der Waals surface area (Å²) in [5, 5.41) is 0. The van der Waals surface area contributed by atoms with E-state index in [9.17, 15) is 9.59 Å². The zero-order chi connectivity index (χ0) is 16.7. The SMILES string of the molecule is CSc1ccc(C(=O)NNC(=O)COc2ccccc2C)cc1. The van der Waals surface area contributed by atoms with Crippen LogP contribution in [-0.2, 0) is 4.79 Å². The molecule has 0 saturated carbocycles. The quantitative estimate of drug-likeness (QED) is 0.653. The molecule has 0 aromatic heterocycles. The number of hydrogen-bond donors (Lipinski definition) is 2. The van der Waals surface area contributed by atoms with Gasteiger partial charge in [-0.3, -0.25) is 20.4 Å². The predicted molar refractivity (Wildman–Crippen MR) is 90.5 cm³/mol. The fraction of sp³-hybridized carbons (Fsp3) is 0.176. The molecule has 2 aromatic rings. The first kappa shape index (κ1) is 16.9. The third-order valence-corrected chi connectivity index (χ3v) is 3.86. The second kappa shape index (κ2) is 8.24. The van der Waals surface area contributed by atoms with Gasteiger partial charge < -0.3 is 4.74 Å². The van der Waals surface area contributed by atoms with Gasteiger partial charge in [-0.15, -0.1) is 11.8 Å². The highest BCUT2D eigenvalue weighted by atomic mass is 32.2. The van der Waals surface area contributed by atoms with E-state index in [-0.39, 0.29) is 12.5 Å². The van der Waals surface area contributed by atoms with Crippen molar-refractivity contribution in [2.24, 2.45) is 0 Å². The van der Waals surface area contributed by atoms with E-state index < -0.39 is 5.91 Å². The average Bonchev–Trinajstić information content (AvgIpc) is 2.59. The van der Waals surface area contributed by atoms with Crippen LogP contribution in [0.25, 0.3) is 0 Å². The maximum Gasteiger partial charge on any atom is 0.276 e. The first-order valence-electron chi connectivity index (χ1n) is 7.02. The van der Waals surface area contributed by atoms with Crippen molar-refractivity contribution < 1.29 is 14.3 Å². The van der Waals surface area contributed by atoms with E-state index in [1.165, 1.54) is 0 Å². The highest BCUT2D eigenvalue weighted by Crippen LogP contribution is 2.16. The van der Waals surface area contributed by atoms with Gasteiger partial charge in [0.15, 0.2) is 6.61 Å². The molecule has 0 fully saturated rings.